The molecule has 0 fully saturated rings. The molecule has 0 spiro atoms. The molecule has 1 aromatic heterocycles. The van der Waals surface area contributed by atoms with Crippen molar-refractivity contribution in [2.75, 3.05) is 38.6 Å². The normalized spacial score (nSPS) is 11.1. The van der Waals surface area contributed by atoms with E-state index in [0.717, 1.165) is 31.3 Å². The lowest BCUT2D eigenvalue weighted by Crippen LogP contribution is -2.28. The second-order valence-corrected chi connectivity index (χ2v) is 4.73. The topological polar surface area (TPSA) is 50.3 Å². The molecule has 5 heteroatoms. The number of ether oxygens (including phenoxy) is 1. The maximum Gasteiger partial charge on any atom is 0.218 e. The molecule has 1 N–H and O–H groups in total. The third-order valence-corrected chi connectivity index (χ3v) is 3.04. The predicted octanol–water partition coefficient (Wildman–Crippen LogP) is 2.36. The van der Waals surface area contributed by atoms with E-state index < -0.39 is 0 Å². The number of rotatable bonds is 8. The van der Waals surface area contributed by atoms with E-state index in [-0.39, 0.29) is 0 Å². The molecule has 0 unspecified atom stereocenters. The Morgan fingerprint density at radius 1 is 1.26 bits per heavy atom. The van der Waals surface area contributed by atoms with Crippen molar-refractivity contribution in [1.82, 2.24) is 14.9 Å². The van der Waals surface area contributed by atoms with Crippen LogP contribution in [-0.4, -0.2) is 48.2 Å². The first-order chi connectivity index (χ1) is 9.10. The predicted molar refractivity (Wildman–Crippen MR) is 79.0 cm³/mol. The minimum absolute atomic E-state index is 0.290. The summed E-state index contributed by atoms with van der Waals surface area (Å²) in [6, 6.07) is 1.84. The molecule has 1 heterocycles. The Hall–Kier alpha value is -1.36. The summed E-state index contributed by atoms with van der Waals surface area (Å²) in [6.45, 7) is 12.1. The molecular weight excluding hydrogens is 240 g/mol. The van der Waals surface area contributed by atoms with Gasteiger partial charge >= 0.3 is 0 Å². The number of nitrogens with zero attached hydrogens (tertiary/aromatic N) is 3. The van der Waals surface area contributed by atoms with E-state index in [1.54, 1.807) is 0 Å². The fourth-order valence-electron chi connectivity index (χ4n) is 1.72. The van der Waals surface area contributed by atoms with Crippen molar-refractivity contribution in [3.05, 3.63) is 11.9 Å². The standard InChI is InChI=1S/C14H26N4O/c1-6-18(7-2)8-9-19-13-10-12(15-5)16-14(17-13)11(3)4/h10-11H,6-9H2,1-5H3,(H,15,16,17). The van der Waals surface area contributed by atoms with E-state index >= 15 is 0 Å². The van der Waals surface area contributed by atoms with Crippen LogP contribution in [0.3, 0.4) is 0 Å². The van der Waals surface area contributed by atoms with E-state index in [9.17, 15) is 0 Å². The summed E-state index contributed by atoms with van der Waals surface area (Å²) >= 11 is 0. The van der Waals surface area contributed by atoms with E-state index in [1.807, 2.05) is 13.1 Å². The first-order valence-corrected chi connectivity index (χ1v) is 7.02. The molecule has 0 bridgehead atoms. The second kappa shape index (κ2) is 7.94. The van der Waals surface area contributed by atoms with Crippen LogP contribution in [0, 0.1) is 0 Å². The smallest absolute Gasteiger partial charge is 0.218 e. The Balaban J connectivity index is 2.64. The van der Waals surface area contributed by atoms with Gasteiger partial charge in [0.05, 0.1) is 0 Å². The highest BCUT2D eigenvalue weighted by molar-refractivity contribution is 5.38. The zero-order valence-electron chi connectivity index (χ0n) is 12.7. The fourth-order valence-corrected chi connectivity index (χ4v) is 1.72. The van der Waals surface area contributed by atoms with Crippen molar-refractivity contribution < 1.29 is 4.74 Å². The summed E-state index contributed by atoms with van der Waals surface area (Å²) in [7, 11) is 1.85. The Morgan fingerprint density at radius 3 is 2.47 bits per heavy atom. The Kier molecular flexibility index (Phi) is 6.56. The number of hydrogen-bond acceptors (Lipinski definition) is 5. The molecule has 0 atom stereocenters. The third kappa shape index (κ3) is 5.03. The van der Waals surface area contributed by atoms with Crippen LogP contribution in [0.1, 0.15) is 39.4 Å². The summed E-state index contributed by atoms with van der Waals surface area (Å²) in [5.74, 6) is 2.55. The van der Waals surface area contributed by atoms with E-state index in [1.165, 1.54) is 0 Å². The van der Waals surface area contributed by atoms with Crippen molar-refractivity contribution in [2.24, 2.45) is 0 Å². The van der Waals surface area contributed by atoms with Gasteiger partial charge in [0.25, 0.3) is 0 Å². The van der Waals surface area contributed by atoms with Crippen LogP contribution in [0.2, 0.25) is 0 Å². The molecule has 0 aromatic carbocycles. The van der Waals surface area contributed by atoms with Gasteiger partial charge in [0, 0.05) is 25.6 Å². The highest BCUT2D eigenvalue weighted by Crippen LogP contribution is 2.18. The molecular formula is C14H26N4O. The molecule has 0 radical (unpaired) electrons. The Labute approximate surface area is 116 Å². The Morgan fingerprint density at radius 2 is 1.95 bits per heavy atom. The molecule has 0 saturated carbocycles. The van der Waals surface area contributed by atoms with Gasteiger partial charge in [-0.25, -0.2) is 4.98 Å². The van der Waals surface area contributed by atoms with Crippen LogP contribution in [0.4, 0.5) is 5.82 Å². The van der Waals surface area contributed by atoms with E-state index in [2.05, 4.69) is 47.9 Å². The van der Waals surface area contributed by atoms with Crippen molar-refractivity contribution in [1.29, 1.82) is 0 Å². The molecule has 0 aliphatic carbocycles. The maximum atomic E-state index is 5.74. The van der Waals surface area contributed by atoms with Crippen molar-refractivity contribution in [2.45, 2.75) is 33.6 Å². The van der Waals surface area contributed by atoms with Crippen LogP contribution in [-0.2, 0) is 0 Å². The number of anilines is 1. The molecule has 0 amide bonds. The molecule has 0 aliphatic heterocycles. The molecule has 19 heavy (non-hydrogen) atoms. The van der Waals surface area contributed by atoms with Crippen molar-refractivity contribution in [3.63, 3.8) is 0 Å². The average Bonchev–Trinajstić information content (AvgIpc) is 2.43. The molecule has 5 nitrogen and oxygen atoms in total. The average molecular weight is 266 g/mol. The number of hydrogen-bond donors (Lipinski definition) is 1. The van der Waals surface area contributed by atoms with Gasteiger partial charge in [0.1, 0.15) is 18.2 Å². The summed E-state index contributed by atoms with van der Waals surface area (Å²) in [6.07, 6.45) is 0. The summed E-state index contributed by atoms with van der Waals surface area (Å²) in [5.41, 5.74) is 0. The van der Waals surface area contributed by atoms with Gasteiger partial charge in [-0.3, -0.25) is 0 Å². The lowest BCUT2D eigenvalue weighted by molar-refractivity contribution is 0.217. The summed E-state index contributed by atoms with van der Waals surface area (Å²) < 4.78 is 5.74. The van der Waals surface area contributed by atoms with Crippen LogP contribution in [0.25, 0.3) is 0 Å². The van der Waals surface area contributed by atoms with Gasteiger partial charge in [-0.15, -0.1) is 0 Å². The van der Waals surface area contributed by atoms with Gasteiger partial charge < -0.3 is 15.0 Å². The SMILES string of the molecule is CCN(CC)CCOc1cc(NC)nc(C(C)C)n1. The number of nitrogens with one attached hydrogen (secondary N) is 1. The van der Waals surface area contributed by atoms with Crippen LogP contribution < -0.4 is 10.1 Å². The van der Waals surface area contributed by atoms with Crippen LogP contribution in [0.5, 0.6) is 5.88 Å². The zero-order chi connectivity index (χ0) is 14.3. The largest absolute Gasteiger partial charge is 0.476 e. The van der Waals surface area contributed by atoms with Gasteiger partial charge in [-0.05, 0) is 13.1 Å². The second-order valence-electron chi connectivity index (χ2n) is 4.73. The maximum absolute atomic E-state index is 5.74. The minimum atomic E-state index is 0.290. The molecule has 108 valence electrons. The van der Waals surface area contributed by atoms with E-state index in [0.29, 0.717) is 18.4 Å². The third-order valence-electron chi connectivity index (χ3n) is 3.04. The molecule has 0 saturated heterocycles. The quantitative estimate of drug-likeness (QED) is 0.783. The zero-order valence-corrected chi connectivity index (χ0v) is 12.7. The van der Waals surface area contributed by atoms with Gasteiger partial charge in [-0.2, -0.15) is 4.98 Å². The lowest BCUT2D eigenvalue weighted by Gasteiger charge is -2.18. The number of likely N-dealkylation sites (N-methyl/N-ethyl adjacent to an activating group) is 1. The number of aromatic nitrogens is 2. The first-order valence-electron chi connectivity index (χ1n) is 7.02. The van der Waals surface area contributed by atoms with Gasteiger partial charge in [0.2, 0.25) is 5.88 Å². The highest BCUT2D eigenvalue weighted by atomic mass is 16.5. The monoisotopic (exact) mass is 266 g/mol. The van der Waals surface area contributed by atoms with Gasteiger partial charge in [0.15, 0.2) is 0 Å². The van der Waals surface area contributed by atoms with Crippen molar-refractivity contribution >= 4 is 5.82 Å². The van der Waals surface area contributed by atoms with Crippen LogP contribution >= 0.6 is 0 Å². The summed E-state index contributed by atoms with van der Waals surface area (Å²) in [5, 5.41) is 3.04. The highest BCUT2D eigenvalue weighted by Gasteiger charge is 2.08. The van der Waals surface area contributed by atoms with E-state index in [4.69, 9.17) is 4.74 Å². The van der Waals surface area contributed by atoms with Crippen LogP contribution in [0.15, 0.2) is 6.07 Å². The first kappa shape index (κ1) is 15.7. The fraction of sp³-hybridized carbons (Fsp3) is 0.714. The Bertz CT molecular complexity index is 378. The summed E-state index contributed by atoms with van der Waals surface area (Å²) in [4.78, 5) is 11.2. The molecule has 1 rings (SSSR count). The lowest BCUT2D eigenvalue weighted by atomic mass is 10.2. The molecule has 1 aromatic rings. The minimum Gasteiger partial charge on any atom is -0.476 e. The van der Waals surface area contributed by atoms with Gasteiger partial charge in [-0.1, -0.05) is 27.7 Å². The van der Waals surface area contributed by atoms with Crippen molar-refractivity contribution in [3.8, 4) is 5.88 Å². The molecule has 0 aliphatic rings.